The molecule has 0 bridgehead atoms. The molecule has 2 atom stereocenters. The van der Waals surface area contributed by atoms with Crippen LogP contribution < -0.4 is 4.74 Å². The molecule has 0 spiro atoms. The molecule has 1 unspecified atom stereocenters. The van der Waals surface area contributed by atoms with Gasteiger partial charge in [0.15, 0.2) is 5.82 Å². The van der Waals surface area contributed by atoms with Gasteiger partial charge in [-0.05, 0) is 18.6 Å². The minimum absolute atomic E-state index is 0.0296. The Balaban J connectivity index is 1.73. The van der Waals surface area contributed by atoms with Gasteiger partial charge in [-0.3, -0.25) is 0 Å². The van der Waals surface area contributed by atoms with Gasteiger partial charge in [0.25, 0.3) is 0 Å². The third-order valence-corrected chi connectivity index (χ3v) is 3.58. The van der Waals surface area contributed by atoms with Crippen LogP contribution in [0.4, 0.5) is 13.2 Å². The van der Waals surface area contributed by atoms with Crippen molar-refractivity contribution in [2.75, 3.05) is 0 Å². The predicted octanol–water partition coefficient (Wildman–Crippen LogP) is 2.95. The molecule has 1 aliphatic rings. The first-order valence-corrected chi connectivity index (χ1v) is 6.83. The molecule has 23 heavy (non-hydrogen) atoms. The minimum atomic E-state index is -4.27. The number of pyridine rings is 1. The van der Waals surface area contributed by atoms with E-state index in [-0.39, 0.29) is 28.8 Å². The van der Waals surface area contributed by atoms with Gasteiger partial charge in [-0.1, -0.05) is 11.6 Å². The zero-order chi connectivity index (χ0) is 16.8. The molecule has 10 heteroatoms. The van der Waals surface area contributed by atoms with Crippen molar-refractivity contribution in [3.05, 3.63) is 35.1 Å². The molecule has 2 aromatic rings. The Kier molecular flexibility index (Phi) is 3.67. The van der Waals surface area contributed by atoms with Gasteiger partial charge in [-0.15, -0.1) is 5.10 Å². The predicted molar refractivity (Wildman–Crippen MR) is 71.9 cm³/mol. The molecule has 1 fully saturated rings. The molecule has 1 aliphatic carbocycles. The average molecular weight is 348 g/mol. The van der Waals surface area contributed by atoms with Gasteiger partial charge in [0.2, 0.25) is 5.88 Å². The Morgan fingerprint density at radius 1 is 1.39 bits per heavy atom. The zero-order valence-corrected chi connectivity index (χ0v) is 12.0. The number of aromatic nitrogens is 3. The van der Waals surface area contributed by atoms with Gasteiger partial charge in [-0.2, -0.15) is 13.2 Å². The number of carbonyl (C=O) groups is 1. The number of aromatic carboxylic acids is 1. The number of hydrogen-bond acceptors (Lipinski definition) is 4. The molecule has 1 N–H and O–H groups in total. The Morgan fingerprint density at radius 3 is 2.70 bits per heavy atom. The van der Waals surface area contributed by atoms with Crippen LogP contribution in [0.3, 0.4) is 0 Å². The molecule has 0 amide bonds. The molecule has 0 aromatic carbocycles. The Hall–Kier alpha value is -2.29. The maximum Gasteiger partial charge on any atom is 0.395 e. The second kappa shape index (κ2) is 5.41. The highest BCUT2D eigenvalue weighted by atomic mass is 35.5. The lowest BCUT2D eigenvalue weighted by atomic mass is 10.3. The number of carboxylic acid groups (broad SMARTS) is 1. The zero-order valence-electron chi connectivity index (χ0n) is 11.3. The first-order chi connectivity index (χ1) is 10.8. The summed E-state index contributed by atoms with van der Waals surface area (Å²) in [6.45, 7) is 0. The molecule has 2 heterocycles. The van der Waals surface area contributed by atoms with Crippen molar-refractivity contribution < 1.29 is 27.8 Å². The molecule has 0 saturated heterocycles. The van der Waals surface area contributed by atoms with E-state index in [2.05, 4.69) is 10.1 Å². The lowest BCUT2D eigenvalue weighted by molar-refractivity contribution is -0.153. The molecule has 2 aromatic heterocycles. The summed E-state index contributed by atoms with van der Waals surface area (Å²) in [5.41, 5.74) is -0.162. The summed E-state index contributed by atoms with van der Waals surface area (Å²) in [5, 5.41) is 12.6. The van der Waals surface area contributed by atoms with E-state index in [1.54, 1.807) is 0 Å². The number of rotatable bonds is 4. The van der Waals surface area contributed by atoms with E-state index in [1.807, 2.05) is 0 Å². The summed E-state index contributed by atoms with van der Waals surface area (Å²) in [7, 11) is 0. The summed E-state index contributed by atoms with van der Waals surface area (Å²) < 4.78 is 43.7. The summed E-state index contributed by atoms with van der Waals surface area (Å²) in [4.78, 5) is 14.7. The van der Waals surface area contributed by atoms with E-state index in [0.29, 0.717) is 0 Å². The maximum absolute atomic E-state index is 12.4. The van der Waals surface area contributed by atoms with Crippen molar-refractivity contribution in [3.8, 4) is 11.7 Å². The Bertz CT molecular complexity index is 762. The van der Waals surface area contributed by atoms with Crippen molar-refractivity contribution in [1.82, 2.24) is 14.8 Å². The average Bonchev–Trinajstić information content (AvgIpc) is 3.07. The smallest absolute Gasteiger partial charge is 0.395 e. The summed E-state index contributed by atoms with van der Waals surface area (Å²) in [6, 6.07) is 4.03. The van der Waals surface area contributed by atoms with E-state index in [4.69, 9.17) is 21.4 Å². The SMILES string of the molecule is O=C(O)c1ccc(-n2ccc(OC3C[C@H]3C(F)(F)F)n2)nc1Cl. The van der Waals surface area contributed by atoms with Crippen LogP contribution in [0.15, 0.2) is 24.4 Å². The summed E-state index contributed by atoms with van der Waals surface area (Å²) in [6.07, 6.45) is -3.86. The monoisotopic (exact) mass is 347 g/mol. The van der Waals surface area contributed by atoms with E-state index >= 15 is 0 Å². The van der Waals surface area contributed by atoms with Crippen LogP contribution in [0.2, 0.25) is 5.15 Å². The van der Waals surface area contributed by atoms with E-state index < -0.39 is 24.2 Å². The molecule has 1 saturated carbocycles. The van der Waals surface area contributed by atoms with Gasteiger partial charge in [-0.25, -0.2) is 14.5 Å². The fourth-order valence-electron chi connectivity index (χ4n) is 2.01. The van der Waals surface area contributed by atoms with Crippen molar-refractivity contribution in [3.63, 3.8) is 0 Å². The lowest BCUT2D eigenvalue weighted by Crippen LogP contribution is -2.16. The quantitative estimate of drug-likeness (QED) is 0.860. The number of halogens is 4. The van der Waals surface area contributed by atoms with Crippen LogP contribution >= 0.6 is 11.6 Å². The second-order valence-corrected chi connectivity index (χ2v) is 5.31. The maximum atomic E-state index is 12.4. The number of alkyl halides is 3. The van der Waals surface area contributed by atoms with Crippen LogP contribution in [-0.2, 0) is 0 Å². The number of nitrogens with zero attached hydrogens (tertiary/aromatic N) is 3. The normalized spacial score (nSPS) is 20.3. The highest BCUT2D eigenvalue weighted by Crippen LogP contribution is 2.46. The van der Waals surface area contributed by atoms with E-state index in [1.165, 1.54) is 29.1 Å². The Morgan fingerprint density at radius 2 is 2.13 bits per heavy atom. The minimum Gasteiger partial charge on any atom is -0.478 e. The van der Waals surface area contributed by atoms with Gasteiger partial charge < -0.3 is 9.84 Å². The highest BCUT2D eigenvalue weighted by molar-refractivity contribution is 6.32. The number of hydrogen-bond donors (Lipinski definition) is 1. The molecule has 6 nitrogen and oxygen atoms in total. The molecule has 122 valence electrons. The summed E-state index contributed by atoms with van der Waals surface area (Å²) >= 11 is 5.76. The van der Waals surface area contributed by atoms with Gasteiger partial charge >= 0.3 is 12.1 Å². The number of carboxylic acids is 1. The van der Waals surface area contributed by atoms with Crippen molar-refractivity contribution in [2.24, 2.45) is 5.92 Å². The third kappa shape index (κ3) is 3.24. The third-order valence-electron chi connectivity index (χ3n) is 3.29. The first kappa shape index (κ1) is 15.6. The second-order valence-electron chi connectivity index (χ2n) is 4.95. The van der Waals surface area contributed by atoms with E-state index in [0.717, 1.165) is 0 Å². The van der Waals surface area contributed by atoms with Crippen LogP contribution in [-0.4, -0.2) is 38.1 Å². The number of ether oxygens (including phenoxy) is 1. The standard InChI is InChI=1S/C13H9ClF3N3O3/c14-11-6(12(21)22)1-2-9(18-11)20-4-3-10(19-20)23-8-5-7(8)13(15,16)17/h1-4,7-8H,5H2,(H,21,22)/t7-,8?/m1/s1. The Labute approximate surface area is 132 Å². The fourth-order valence-corrected chi connectivity index (χ4v) is 2.24. The van der Waals surface area contributed by atoms with Crippen LogP contribution in [0, 0.1) is 5.92 Å². The molecule has 3 rings (SSSR count). The van der Waals surface area contributed by atoms with Crippen LogP contribution in [0.1, 0.15) is 16.8 Å². The van der Waals surface area contributed by atoms with Crippen molar-refractivity contribution in [1.29, 1.82) is 0 Å². The fraction of sp³-hybridized carbons (Fsp3) is 0.308. The molecule has 0 aliphatic heterocycles. The largest absolute Gasteiger partial charge is 0.478 e. The molecular weight excluding hydrogens is 339 g/mol. The van der Waals surface area contributed by atoms with Gasteiger partial charge in [0, 0.05) is 12.3 Å². The van der Waals surface area contributed by atoms with Crippen LogP contribution in [0.25, 0.3) is 5.82 Å². The highest BCUT2D eigenvalue weighted by Gasteiger charge is 2.57. The van der Waals surface area contributed by atoms with Crippen molar-refractivity contribution >= 4 is 17.6 Å². The molecule has 0 radical (unpaired) electrons. The van der Waals surface area contributed by atoms with Gasteiger partial charge in [0.05, 0.1) is 11.5 Å². The summed E-state index contributed by atoms with van der Waals surface area (Å²) in [5.74, 6) is -2.43. The van der Waals surface area contributed by atoms with E-state index in [9.17, 15) is 18.0 Å². The molecular formula is C13H9ClF3N3O3. The first-order valence-electron chi connectivity index (χ1n) is 6.45. The van der Waals surface area contributed by atoms with Crippen LogP contribution in [0.5, 0.6) is 5.88 Å². The lowest BCUT2D eigenvalue weighted by Gasteiger charge is -2.06. The van der Waals surface area contributed by atoms with Gasteiger partial charge in [0.1, 0.15) is 11.3 Å². The topological polar surface area (TPSA) is 77.2 Å². The van der Waals surface area contributed by atoms with Crippen molar-refractivity contribution in [2.45, 2.75) is 18.7 Å².